The normalized spacial score (nSPS) is 12.4. The van der Waals surface area contributed by atoms with Gasteiger partial charge in [0.15, 0.2) is 5.96 Å². The van der Waals surface area contributed by atoms with Crippen LogP contribution in [0.15, 0.2) is 57.3 Å². The highest BCUT2D eigenvalue weighted by atomic mass is 32.2. The highest BCUT2D eigenvalue weighted by molar-refractivity contribution is 7.92. The van der Waals surface area contributed by atoms with Crippen LogP contribution in [0.5, 0.6) is 0 Å². The molecule has 0 spiro atoms. The summed E-state index contributed by atoms with van der Waals surface area (Å²) in [6, 6.07) is 4.61. The van der Waals surface area contributed by atoms with Crippen LogP contribution in [0.4, 0.5) is 18.9 Å². The molecule has 1 aromatic carbocycles. The van der Waals surface area contributed by atoms with Crippen molar-refractivity contribution >= 4 is 33.5 Å². The number of carbonyl (C=O) groups excluding carboxylic acids is 2. The third kappa shape index (κ3) is 7.72. The maximum absolute atomic E-state index is 13.2. The lowest BCUT2D eigenvalue weighted by Gasteiger charge is -2.16. The van der Waals surface area contributed by atoms with E-state index in [-0.39, 0.29) is 18.9 Å². The number of primary amides is 1. The first-order chi connectivity index (χ1) is 16.7. The summed E-state index contributed by atoms with van der Waals surface area (Å²) in [5, 5.41) is 2.35. The zero-order valence-corrected chi connectivity index (χ0v) is 19.5. The summed E-state index contributed by atoms with van der Waals surface area (Å²) in [5.74, 6) is -1.79. The molecule has 0 aliphatic rings. The number of nitrogens with two attached hydrogens (primary N) is 3. The third-order valence-electron chi connectivity index (χ3n) is 4.68. The topological polar surface area (TPSA) is 205 Å². The lowest BCUT2D eigenvalue weighted by atomic mass is 10.1. The van der Waals surface area contributed by atoms with Crippen molar-refractivity contribution in [1.82, 2.24) is 9.88 Å². The van der Waals surface area contributed by atoms with E-state index in [4.69, 9.17) is 17.2 Å². The van der Waals surface area contributed by atoms with Crippen LogP contribution < -0.4 is 32.8 Å². The Morgan fingerprint density at radius 2 is 1.75 bits per heavy atom. The summed E-state index contributed by atoms with van der Waals surface area (Å²) in [6.45, 7) is -0.452. The Labute approximate surface area is 203 Å². The lowest BCUT2D eigenvalue weighted by Crippen LogP contribution is -2.46. The predicted octanol–water partition coefficient (Wildman–Crippen LogP) is -0.308. The van der Waals surface area contributed by atoms with Crippen molar-refractivity contribution in [2.45, 2.75) is 36.5 Å². The first-order valence-corrected chi connectivity index (χ1v) is 11.7. The Morgan fingerprint density at radius 3 is 2.36 bits per heavy atom. The highest BCUT2D eigenvalue weighted by Crippen LogP contribution is 2.34. The Morgan fingerprint density at radius 1 is 1.08 bits per heavy atom. The Bertz CT molecular complexity index is 1310. The molecule has 0 saturated heterocycles. The van der Waals surface area contributed by atoms with E-state index in [1.807, 2.05) is 4.72 Å². The molecule has 1 heterocycles. The minimum Gasteiger partial charge on any atom is -0.370 e. The number of halogens is 3. The molecule has 0 fully saturated rings. The second-order valence-electron chi connectivity index (χ2n) is 7.43. The molecule has 2 rings (SSSR count). The quantitative estimate of drug-likeness (QED) is 0.148. The zero-order chi connectivity index (χ0) is 27.1. The van der Waals surface area contributed by atoms with Gasteiger partial charge in [0.25, 0.3) is 15.6 Å². The first-order valence-electron chi connectivity index (χ1n) is 10.2. The van der Waals surface area contributed by atoms with Gasteiger partial charge in [-0.1, -0.05) is 12.1 Å². The molecule has 0 saturated carbocycles. The van der Waals surface area contributed by atoms with Gasteiger partial charge in [-0.15, -0.1) is 0 Å². The Kier molecular flexibility index (Phi) is 9.05. The number of sulfonamides is 1. The van der Waals surface area contributed by atoms with Gasteiger partial charge in [0.05, 0.1) is 10.5 Å². The van der Waals surface area contributed by atoms with Gasteiger partial charge in [-0.3, -0.25) is 24.1 Å². The number of benzene rings is 1. The lowest BCUT2D eigenvalue weighted by molar-refractivity contribution is -0.139. The summed E-state index contributed by atoms with van der Waals surface area (Å²) in [5.41, 5.74) is 12.7. The smallest absolute Gasteiger partial charge is 0.370 e. The number of amides is 2. The van der Waals surface area contributed by atoms with Crippen molar-refractivity contribution in [3.05, 3.63) is 58.5 Å². The van der Waals surface area contributed by atoms with Crippen molar-refractivity contribution in [2.75, 3.05) is 11.3 Å². The van der Waals surface area contributed by atoms with Crippen molar-refractivity contribution < 1.29 is 31.2 Å². The number of hydrogen-bond acceptors (Lipinski definition) is 6. The van der Waals surface area contributed by atoms with Gasteiger partial charge in [-0.2, -0.15) is 13.2 Å². The summed E-state index contributed by atoms with van der Waals surface area (Å²) in [6.07, 6.45) is -3.39. The summed E-state index contributed by atoms with van der Waals surface area (Å²) in [7, 11) is -4.82. The van der Waals surface area contributed by atoms with E-state index in [0.717, 1.165) is 35.0 Å². The predicted molar refractivity (Wildman–Crippen MR) is 124 cm³/mol. The number of aliphatic imine (C=N–C) groups is 1. The molecule has 16 heteroatoms. The number of rotatable bonds is 11. The average Bonchev–Trinajstić information content (AvgIpc) is 2.77. The van der Waals surface area contributed by atoms with Gasteiger partial charge in [-0.25, -0.2) is 8.42 Å². The first kappa shape index (κ1) is 28.2. The molecule has 196 valence electrons. The maximum atomic E-state index is 13.2. The molecule has 1 aromatic heterocycles. The number of alkyl halides is 3. The van der Waals surface area contributed by atoms with Crippen molar-refractivity contribution in [2.24, 2.45) is 22.2 Å². The van der Waals surface area contributed by atoms with E-state index in [0.29, 0.717) is 12.5 Å². The second-order valence-corrected chi connectivity index (χ2v) is 9.08. The molecule has 0 aliphatic carbocycles. The van der Waals surface area contributed by atoms with Crippen LogP contribution in [0.3, 0.4) is 0 Å². The molecular weight excluding hydrogens is 507 g/mol. The van der Waals surface area contributed by atoms with E-state index in [2.05, 4.69) is 10.3 Å². The standard InChI is InChI=1S/C20H24F3N7O5S/c21-20(22,23)12-5-1-2-8-15(12)36(34,35)29-14-7-4-10-30(18(14)33)11-16(31)28-13(17(24)32)6-3-9-27-19(25)26/h1-2,4-5,7-8,10,13,29H,3,6,9,11H2,(H2,24,32)(H,28,31)(H4,25,26,27)/t13-/m0/s1. The molecule has 2 aromatic rings. The molecule has 0 unspecified atom stereocenters. The number of pyridine rings is 1. The highest BCUT2D eigenvalue weighted by Gasteiger charge is 2.37. The van der Waals surface area contributed by atoms with Gasteiger partial charge in [0, 0.05) is 12.7 Å². The average molecular weight is 532 g/mol. The van der Waals surface area contributed by atoms with Gasteiger partial charge in [0.2, 0.25) is 11.8 Å². The number of guanidine groups is 1. The number of anilines is 1. The number of aromatic nitrogens is 1. The second kappa shape index (κ2) is 11.6. The Balaban J connectivity index is 2.19. The van der Waals surface area contributed by atoms with Crippen LogP contribution in [-0.4, -0.2) is 43.3 Å². The summed E-state index contributed by atoms with van der Waals surface area (Å²) < 4.78 is 67.6. The van der Waals surface area contributed by atoms with E-state index < -0.39 is 62.3 Å². The van der Waals surface area contributed by atoms with Crippen molar-refractivity contribution in [1.29, 1.82) is 0 Å². The fourth-order valence-corrected chi connectivity index (χ4v) is 4.34. The van der Waals surface area contributed by atoms with E-state index >= 15 is 0 Å². The molecule has 0 aliphatic heterocycles. The van der Waals surface area contributed by atoms with Gasteiger partial charge >= 0.3 is 6.18 Å². The summed E-state index contributed by atoms with van der Waals surface area (Å²) >= 11 is 0. The molecule has 12 nitrogen and oxygen atoms in total. The molecule has 8 N–H and O–H groups in total. The minimum atomic E-state index is -4.96. The van der Waals surface area contributed by atoms with E-state index in [9.17, 15) is 36.0 Å². The number of nitrogens with one attached hydrogen (secondary N) is 2. The van der Waals surface area contributed by atoms with Crippen LogP contribution in [0, 0.1) is 0 Å². The molecule has 1 atom stereocenters. The molecule has 2 amide bonds. The molecule has 0 radical (unpaired) electrons. The van der Waals surface area contributed by atoms with Crippen molar-refractivity contribution in [3.8, 4) is 0 Å². The monoisotopic (exact) mass is 531 g/mol. The zero-order valence-electron chi connectivity index (χ0n) is 18.7. The van der Waals surface area contributed by atoms with Crippen LogP contribution in [0.2, 0.25) is 0 Å². The van der Waals surface area contributed by atoms with Gasteiger partial charge in [-0.05, 0) is 37.1 Å². The van der Waals surface area contributed by atoms with E-state index in [1.54, 1.807) is 0 Å². The fourth-order valence-electron chi connectivity index (χ4n) is 3.06. The maximum Gasteiger partial charge on any atom is 0.417 e. The van der Waals surface area contributed by atoms with Crippen LogP contribution in [0.25, 0.3) is 0 Å². The fraction of sp³-hybridized carbons (Fsp3) is 0.300. The number of hydrogen-bond donors (Lipinski definition) is 5. The molecular formula is C20H24F3N7O5S. The minimum absolute atomic E-state index is 0.102. The summed E-state index contributed by atoms with van der Waals surface area (Å²) in [4.78, 5) is 39.4. The number of nitrogens with zero attached hydrogens (tertiary/aromatic N) is 2. The van der Waals surface area contributed by atoms with Gasteiger partial charge in [0.1, 0.15) is 18.3 Å². The Hall–Kier alpha value is -4.08. The van der Waals surface area contributed by atoms with Crippen LogP contribution >= 0.6 is 0 Å². The molecule has 36 heavy (non-hydrogen) atoms. The van der Waals surface area contributed by atoms with Crippen LogP contribution in [-0.2, 0) is 32.3 Å². The van der Waals surface area contributed by atoms with Crippen molar-refractivity contribution in [3.63, 3.8) is 0 Å². The third-order valence-corrected chi connectivity index (χ3v) is 6.11. The largest absolute Gasteiger partial charge is 0.417 e. The van der Waals surface area contributed by atoms with Crippen LogP contribution in [0.1, 0.15) is 18.4 Å². The number of carbonyl (C=O) groups is 2. The SMILES string of the molecule is NC(=O)[C@H](CCCN=C(N)N)NC(=O)Cn1cccc(NS(=O)(=O)c2ccccc2C(F)(F)F)c1=O. The van der Waals surface area contributed by atoms with Gasteiger partial charge < -0.3 is 27.1 Å². The molecule has 0 bridgehead atoms. The van der Waals surface area contributed by atoms with E-state index in [1.165, 1.54) is 6.07 Å².